The maximum Gasteiger partial charge on any atom is 0.213 e. The largest absolute Gasteiger partial charge is 0.213 e. The molecule has 0 aromatic heterocycles. The number of sulfonamides is 1. The van der Waals surface area contributed by atoms with Gasteiger partial charge in [0.15, 0.2) is 0 Å². The van der Waals surface area contributed by atoms with Crippen LogP contribution in [-0.4, -0.2) is 37.9 Å². The van der Waals surface area contributed by atoms with Crippen molar-refractivity contribution in [3.63, 3.8) is 0 Å². The van der Waals surface area contributed by atoms with Crippen LogP contribution < -0.4 is 0 Å². The second-order valence-electron chi connectivity index (χ2n) is 4.27. The van der Waals surface area contributed by atoms with Crippen LogP contribution in [0.25, 0.3) is 0 Å². The number of unbranched alkanes of at least 4 members (excludes halogenated alkanes) is 1. The first-order chi connectivity index (χ1) is 8.56. The fraction of sp³-hybridized carbons (Fsp3) is 0.538. The van der Waals surface area contributed by atoms with Crippen LogP contribution in [0.15, 0.2) is 30.3 Å². The van der Waals surface area contributed by atoms with E-state index in [1.807, 2.05) is 30.3 Å². The molecular weight excluding hydrogens is 270 g/mol. The quantitative estimate of drug-likeness (QED) is 0.545. The molecule has 102 valence electrons. The van der Waals surface area contributed by atoms with Crippen molar-refractivity contribution in [2.45, 2.75) is 19.3 Å². The zero-order valence-electron chi connectivity index (χ0n) is 10.7. The van der Waals surface area contributed by atoms with Crippen LogP contribution in [-0.2, 0) is 16.4 Å². The molecule has 1 aromatic rings. The number of hydrogen-bond acceptors (Lipinski definition) is 2. The Bertz CT molecular complexity index is 434. The number of rotatable bonds is 8. The van der Waals surface area contributed by atoms with Gasteiger partial charge < -0.3 is 0 Å². The molecule has 0 heterocycles. The Morgan fingerprint density at radius 1 is 1.17 bits per heavy atom. The van der Waals surface area contributed by atoms with Gasteiger partial charge in [-0.3, -0.25) is 0 Å². The first-order valence-electron chi connectivity index (χ1n) is 6.10. The molecule has 0 fully saturated rings. The van der Waals surface area contributed by atoms with Crippen LogP contribution in [0.2, 0.25) is 0 Å². The van der Waals surface area contributed by atoms with E-state index in [-0.39, 0.29) is 5.75 Å². The summed E-state index contributed by atoms with van der Waals surface area (Å²) >= 11 is 5.54. The summed E-state index contributed by atoms with van der Waals surface area (Å²) in [6, 6.07) is 9.90. The number of halogens is 1. The van der Waals surface area contributed by atoms with Gasteiger partial charge in [-0.15, -0.1) is 11.6 Å². The van der Waals surface area contributed by atoms with Gasteiger partial charge >= 0.3 is 0 Å². The monoisotopic (exact) mass is 289 g/mol. The average Bonchev–Trinajstić information content (AvgIpc) is 2.37. The Kier molecular flexibility index (Phi) is 6.68. The van der Waals surface area contributed by atoms with Crippen LogP contribution in [0.4, 0.5) is 0 Å². The second kappa shape index (κ2) is 7.77. The Balaban J connectivity index is 2.42. The molecule has 0 saturated carbocycles. The molecule has 0 N–H and O–H groups in total. The van der Waals surface area contributed by atoms with Gasteiger partial charge in [0.2, 0.25) is 10.0 Å². The maximum atomic E-state index is 11.9. The molecule has 18 heavy (non-hydrogen) atoms. The van der Waals surface area contributed by atoms with Gasteiger partial charge in [-0.05, 0) is 24.8 Å². The molecule has 1 rings (SSSR count). The smallest absolute Gasteiger partial charge is 0.212 e. The van der Waals surface area contributed by atoms with Gasteiger partial charge in [-0.2, -0.15) is 0 Å². The summed E-state index contributed by atoms with van der Waals surface area (Å²) in [5, 5.41) is 0. The number of alkyl halides is 1. The van der Waals surface area contributed by atoms with Gasteiger partial charge in [0.05, 0.1) is 5.75 Å². The van der Waals surface area contributed by atoms with Crippen molar-refractivity contribution in [2.24, 2.45) is 0 Å². The van der Waals surface area contributed by atoms with Crippen molar-refractivity contribution >= 4 is 21.6 Å². The summed E-state index contributed by atoms with van der Waals surface area (Å²) in [6.45, 7) is 0.521. The third kappa shape index (κ3) is 5.38. The highest BCUT2D eigenvalue weighted by atomic mass is 35.5. The lowest BCUT2D eigenvalue weighted by atomic mass is 10.2. The molecule has 0 aliphatic carbocycles. The normalized spacial score (nSPS) is 11.9. The minimum atomic E-state index is -3.13. The zero-order chi connectivity index (χ0) is 13.4. The molecule has 0 aliphatic rings. The number of nitrogens with zero attached hydrogens (tertiary/aromatic N) is 1. The van der Waals surface area contributed by atoms with E-state index < -0.39 is 10.0 Å². The van der Waals surface area contributed by atoms with Gasteiger partial charge in [-0.1, -0.05) is 30.3 Å². The Labute approximate surface area is 115 Å². The van der Waals surface area contributed by atoms with E-state index >= 15 is 0 Å². The highest BCUT2D eigenvalue weighted by molar-refractivity contribution is 7.89. The third-order valence-corrected chi connectivity index (χ3v) is 5.02. The summed E-state index contributed by atoms with van der Waals surface area (Å²) in [4.78, 5) is 0. The lowest BCUT2D eigenvalue weighted by Gasteiger charge is -2.16. The zero-order valence-corrected chi connectivity index (χ0v) is 12.3. The van der Waals surface area contributed by atoms with Crippen LogP contribution in [0.5, 0.6) is 0 Å². The molecule has 3 nitrogen and oxygen atoms in total. The number of hydrogen-bond donors (Lipinski definition) is 0. The summed E-state index contributed by atoms with van der Waals surface area (Å²) < 4.78 is 25.3. The van der Waals surface area contributed by atoms with Gasteiger partial charge in [0, 0.05) is 19.5 Å². The van der Waals surface area contributed by atoms with E-state index in [0.717, 1.165) is 18.4 Å². The van der Waals surface area contributed by atoms with Gasteiger partial charge in [0.1, 0.15) is 0 Å². The summed E-state index contributed by atoms with van der Waals surface area (Å²) in [7, 11) is -1.49. The van der Waals surface area contributed by atoms with Gasteiger partial charge in [0.25, 0.3) is 0 Å². The van der Waals surface area contributed by atoms with E-state index in [9.17, 15) is 8.42 Å². The lowest BCUT2D eigenvalue weighted by Crippen LogP contribution is -2.31. The maximum absolute atomic E-state index is 11.9. The van der Waals surface area contributed by atoms with Crippen LogP contribution in [0.3, 0.4) is 0 Å². The predicted octanol–water partition coefficient (Wildman–Crippen LogP) is 2.51. The topological polar surface area (TPSA) is 37.4 Å². The summed E-state index contributed by atoms with van der Waals surface area (Å²) in [5.41, 5.74) is 1.15. The Morgan fingerprint density at radius 3 is 2.44 bits per heavy atom. The Hall–Kier alpha value is -0.580. The molecule has 0 amide bonds. The third-order valence-electron chi connectivity index (χ3n) is 2.82. The fourth-order valence-electron chi connectivity index (χ4n) is 1.61. The molecule has 5 heteroatoms. The minimum absolute atomic E-state index is 0.186. The fourth-order valence-corrected chi connectivity index (χ4v) is 3.04. The number of likely N-dealkylation sites (N-methyl/N-ethyl adjacent to an activating group) is 1. The summed E-state index contributed by atoms with van der Waals surface area (Å²) in [5.74, 6) is 0.703. The molecular formula is C13H20ClNO2S. The van der Waals surface area contributed by atoms with Crippen molar-refractivity contribution in [3.8, 4) is 0 Å². The van der Waals surface area contributed by atoms with Crippen molar-refractivity contribution in [3.05, 3.63) is 35.9 Å². The molecule has 0 aliphatic heterocycles. The van der Waals surface area contributed by atoms with E-state index in [1.54, 1.807) is 7.05 Å². The molecule has 0 bridgehead atoms. The lowest BCUT2D eigenvalue weighted by molar-refractivity contribution is 0.471. The highest BCUT2D eigenvalue weighted by Crippen LogP contribution is 2.06. The van der Waals surface area contributed by atoms with Crippen molar-refractivity contribution in [1.29, 1.82) is 0 Å². The Morgan fingerprint density at radius 2 is 1.83 bits per heavy atom. The first-order valence-corrected chi connectivity index (χ1v) is 8.24. The molecule has 1 aromatic carbocycles. The van der Waals surface area contributed by atoms with Crippen LogP contribution in [0, 0.1) is 0 Å². The first kappa shape index (κ1) is 15.5. The standard InChI is InChI=1S/C13H20ClNO2S/c1-15(18(16,17)12-6-5-10-14)11-9-13-7-3-2-4-8-13/h2-4,7-8H,5-6,9-12H2,1H3. The highest BCUT2D eigenvalue weighted by Gasteiger charge is 2.16. The number of benzene rings is 1. The molecule has 0 unspecified atom stereocenters. The van der Waals surface area contributed by atoms with Crippen LogP contribution in [0.1, 0.15) is 18.4 Å². The summed E-state index contributed by atoms with van der Waals surface area (Å²) in [6.07, 6.45) is 2.11. The molecule has 0 radical (unpaired) electrons. The van der Waals surface area contributed by atoms with Crippen molar-refractivity contribution in [1.82, 2.24) is 4.31 Å². The minimum Gasteiger partial charge on any atom is -0.212 e. The van der Waals surface area contributed by atoms with Gasteiger partial charge in [-0.25, -0.2) is 12.7 Å². The van der Waals surface area contributed by atoms with E-state index in [1.165, 1.54) is 4.31 Å². The van der Waals surface area contributed by atoms with Crippen LogP contribution >= 0.6 is 11.6 Å². The molecule has 0 spiro atoms. The predicted molar refractivity (Wildman–Crippen MR) is 76.5 cm³/mol. The average molecular weight is 290 g/mol. The molecule has 0 saturated heterocycles. The van der Waals surface area contributed by atoms with Crippen molar-refractivity contribution < 1.29 is 8.42 Å². The van der Waals surface area contributed by atoms with Crippen molar-refractivity contribution in [2.75, 3.05) is 25.2 Å². The van der Waals surface area contributed by atoms with E-state index in [2.05, 4.69) is 0 Å². The van der Waals surface area contributed by atoms with E-state index in [0.29, 0.717) is 18.8 Å². The van der Waals surface area contributed by atoms with E-state index in [4.69, 9.17) is 11.6 Å². The SMILES string of the molecule is CN(CCc1ccccc1)S(=O)(=O)CCCCCl. The molecule has 0 atom stereocenters. The second-order valence-corrected chi connectivity index (χ2v) is 6.84.